The average molecular weight is 292 g/mol. The van der Waals surface area contributed by atoms with Gasteiger partial charge in [-0.15, -0.1) is 0 Å². The van der Waals surface area contributed by atoms with Gasteiger partial charge in [0.15, 0.2) is 0 Å². The molecule has 0 saturated heterocycles. The van der Waals surface area contributed by atoms with Gasteiger partial charge in [0, 0.05) is 22.8 Å². The van der Waals surface area contributed by atoms with Gasteiger partial charge in [0.05, 0.1) is 6.61 Å². The zero-order valence-electron chi connectivity index (χ0n) is 11.7. The maximum atomic E-state index is 11.8. The first-order chi connectivity index (χ1) is 9.76. The smallest absolute Gasteiger partial charge is 0.236 e. The SMILES string of the molecule is CCCc1cccc2c(OCCCCO)cc(=O)sc12. The van der Waals surface area contributed by atoms with Crippen LogP contribution in [0, 0.1) is 0 Å². The first-order valence-electron chi connectivity index (χ1n) is 7.05. The Hall–Kier alpha value is -1.39. The number of benzene rings is 1. The Morgan fingerprint density at radius 1 is 1.30 bits per heavy atom. The highest BCUT2D eigenvalue weighted by Crippen LogP contribution is 2.29. The zero-order valence-corrected chi connectivity index (χ0v) is 12.5. The van der Waals surface area contributed by atoms with E-state index < -0.39 is 0 Å². The molecule has 0 unspecified atom stereocenters. The lowest BCUT2D eigenvalue weighted by molar-refractivity contribution is 0.254. The molecule has 1 aromatic carbocycles. The van der Waals surface area contributed by atoms with Crippen molar-refractivity contribution in [3.63, 3.8) is 0 Å². The molecule has 0 atom stereocenters. The van der Waals surface area contributed by atoms with Crippen LogP contribution in [0.4, 0.5) is 0 Å². The molecule has 0 radical (unpaired) electrons. The number of ether oxygens (including phenoxy) is 1. The van der Waals surface area contributed by atoms with Crippen LogP contribution in [-0.4, -0.2) is 18.3 Å². The molecular formula is C16H20O3S. The topological polar surface area (TPSA) is 46.5 Å². The molecule has 1 heterocycles. The molecule has 20 heavy (non-hydrogen) atoms. The first kappa shape index (κ1) is 15.0. The van der Waals surface area contributed by atoms with Gasteiger partial charge in [-0.2, -0.15) is 0 Å². The number of aliphatic hydroxyl groups is 1. The summed E-state index contributed by atoms with van der Waals surface area (Å²) in [5.41, 5.74) is 1.22. The molecule has 0 fully saturated rings. The Bertz CT molecular complexity index is 619. The van der Waals surface area contributed by atoms with Gasteiger partial charge in [0.2, 0.25) is 4.74 Å². The van der Waals surface area contributed by atoms with Gasteiger partial charge < -0.3 is 9.84 Å². The maximum Gasteiger partial charge on any atom is 0.236 e. The van der Waals surface area contributed by atoms with E-state index in [1.54, 1.807) is 6.07 Å². The molecule has 2 rings (SSSR count). The van der Waals surface area contributed by atoms with Gasteiger partial charge in [0.25, 0.3) is 0 Å². The second-order valence-corrected chi connectivity index (χ2v) is 5.77. The highest BCUT2D eigenvalue weighted by Gasteiger charge is 2.08. The fraction of sp³-hybridized carbons (Fsp3) is 0.438. The predicted octanol–water partition coefficient (Wildman–Crippen LogP) is 3.37. The van der Waals surface area contributed by atoms with Crippen LogP contribution in [0.25, 0.3) is 10.1 Å². The van der Waals surface area contributed by atoms with Crippen molar-refractivity contribution < 1.29 is 9.84 Å². The minimum Gasteiger partial charge on any atom is -0.493 e. The number of aliphatic hydroxyl groups excluding tert-OH is 1. The summed E-state index contributed by atoms with van der Waals surface area (Å²) in [6, 6.07) is 7.68. The molecule has 0 bridgehead atoms. The molecule has 0 aliphatic rings. The van der Waals surface area contributed by atoms with Crippen molar-refractivity contribution in [1.29, 1.82) is 0 Å². The number of unbranched alkanes of at least 4 members (excludes halogenated alkanes) is 1. The fourth-order valence-corrected chi connectivity index (χ4v) is 3.14. The zero-order chi connectivity index (χ0) is 14.4. The van der Waals surface area contributed by atoms with E-state index in [4.69, 9.17) is 9.84 Å². The van der Waals surface area contributed by atoms with Crippen LogP contribution >= 0.6 is 11.3 Å². The van der Waals surface area contributed by atoms with Crippen LogP contribution in [0.15, 0.2) is 29.1 Å². The van der Waals surface area contributed by atoms with Crippen LogP contribution < -0.4 is 9.48 Å². The van der Waals surface area contributed by atoms with E-state index in [9.17, 15) is 4.79 Å². The number of hydrogen-bond acceptors (Lipinski definition) is 4. The van der Waals surface area contributed by atoms with E-state index in [0.29, 0.717) is 12.4 Å². The third kappa shape index (κ3) is 3.58. The molecule has 2 aromatic rings. The van der Waals surface area contributed by atoms with Gasteiger partial charge >= 0.3 is 0 Å². The lowest BCUT2D eigenvalue weighted by Crippen LogP contribution is -2.03. The van der Waals surface area contributed by atoms with Crippen molar-refractivity contribution in [2.45, 2.75) is 32.6 Å². The van der Waals surface area contributed by atoms with Crippen LogP contribution in [0.3, 0.4) is 0 Å². The first-order valence-corrected chi connectivity index (χ1v) is 7.87. The van der Waals surface area contributed by atoms with Crippen molar-refractivity contribution in [2.24, 2.45) is 0 Å². The molecule has 0 aliphatic carbocycles. The van der Waals surface area contributed by atoms with E-state index in [-0.39, 0.29) is 11.3 Å². The lowest BCUT2D eigenvalue weighted by Gasteiger charge is -2.10. The molecule has 1 N–H and O–H groups in total. The second kappa shape index (κ2) is 7.41. The van der Waals surface area contributed by atoms with Crippen LogP contribution in [-0.2, 0) is 6.42 Å². The number of rotatable bonds is 7. The quantitative estimate of drug-likeness (QED) is 0.796. The predicted molar refractivity (Wildman–Crippen MR) is 83.9 cm³/mol. The summed E-state index contributed by atoms with van der Waals surface area (Å²) in [5, 5.41) is 9.79. The Labute approximate surface area is 122 Å². The molecule has 0 aliphatic heterocycles. The van der Waals surface area contributed by atoms with Crippen LogP contribution in [0.5, 0.6) is 5.75 Å². The van der Waals surface area contributed by atoms with E-state index in [1.165, 1.54) is 16.9 Å². The largest absolute Gasteiger partial charge is 0.493 e. The molecule has 0 saturated carbocycles. The van der Waals surface area contributed by atoms with Crippen molar-refractivity contribution in [3.8, 4) is 5.75 Å². The average Bonchev–Trinajstić information content (AvgIpc) is 2.44. The Morgan fingerprint density at radius 2 is 2.15 bits per heavy atom. The number of fused-ring (bicyclic) bond motifs is 1. The van der Waals surface area contributed by atoms with Gasteiger partial charge in [-0.25, -0.2) is 0 Å². The molecule has 4 heteroatoms. The minimum absolute atomic E-state index is 0.0261. The lowest BCUT2D eigenvalue weighted by atomic mass is 10.1. The van der Waals surface area contributed by atoms with Crippen molar-refractivity contribution in [3.05, 3.63) is 39.4 Å². The van der Waals surface area contributed by atoms with Crippen molar-refractivity contribution in [2.75, 3.05) is 13.2 Å². The molecule has 0 spiro atoms. The summed E-state index contributed by atoms with van der Waals surface area (Å²) in [6.45, 7) is 2.84. The van der Waals surface area contributed by atoms with Gasteiger partial charge in [0.1, 0.15) is 5.75 Å². The van der Waals surface area contributed by atoms with Crippen molar-refractivity contribution in [1.82, 2.24) is 0 Å². The number of aryl methyl sites for hydroxylation is 1. The Kier molecular flexibility index (Phi) is 5.56. The summed E-state index contributed by atoms with van der Waals surface area (Å²) in [6.07, 6.45) is 3.54. The monoisotopic (exact) mass is 292 g/mol. The molecular weight excluding hydrogens is 272 g/mol. The van der Waals surface area contributed by atoms with Crippen LogP contribution in [0.1, 0.15) is 31.7 Å². The minimum atomic E-state index is 0.0261. The highest BCUT2D eigenvalue weighted by molar-refractivity contribution is 7.16. The summed E-state index contributed by atoms with van der Waals surface area (Å²) in [7, 11) is 0. The van der Waals surface area contributed by atoms with Gasteiger partial charge in [-0.05, 0) is 30.9 Å². The van der Waals surface area contributed by atoms with E-state index in [0.717, 1.165) is 35.8 Å². The fourth-order valence-electron chi connectivity index (χ4n) is 2.20. The Balaban J connectivity index is 2.34. The second-order valence-electron chi connectivity index (χ2n) is 4.75. The highest BCUT2D eigenvalue weighted by atomic mass is 32.1. The molecule has 0 amide bonds. The summed E-state index contributed by atoms with van der Waals surface area (Å²) in [5.74, 6) is 0.666. The third-order valence-electron chi connectivity index (χ3n) is 3.14. The third-order valence-corrected chi connectivity index (χ3v) is 4.15. The molecule has 108 valence electrons. The summed E-state index contributed by atoms with van der Waals surface area (Å²) in [4.78, 5) is 11.8. The standard InChI is InChI=1S/C16H20O3S/c1-2-6-12-7-5-8-13-14(19-10-4-3-9-17)11-15(18)20-16(12)13/h5,7-8,11,17H,2-4,6,9-10H2,1H3. The van der Waals surface area contributed by atoms with E-state index in [1.807, 2.05) is 12.1 Å². The van der Waals surface area contributed by atoms with Crippen LogP contribution in [0.2, 0.25) is 0 Å². The van der Waals surface area contributed by atoms with Crippen molar-refractivity contribution >= 4 is 21.4 Å². The summed E-state index contributed by atoms with van der Waals surface area (Å²) >= 11 is 1.29. The maximum absolute atomic E-state index is 11.8. The van der Waals surface area contributed by atoms with Gasteiger partial charge in [-0.1, -0.05) is 36.8 Å². The normalized spacial score (nSPS) is 10.9. The van der Waals surface area contributed by atoms with E-state index in [2.05, 4.69) is 13.0 Å². The molecule has 1 aromatic heterocycles. The Morgan fingerprint density at radius 3 is 2.90 bits per heavy atom. The molecule has 3 nitrogen and oxygen atoms in total. The summed E-state index contributed by atoms with van der Waals surface area (Å²) < 4.78 is 6.80. The van der Waals surface area contributed by atoms with Gasteiger partial charge in [-0.3, -0.25) is 4.79 Å². The van der Waals surface area contributed by atoms with E-state index >= 15 is 0 Å². The number of hydrogen-bond donors (Lipinski definition) is 1.